The molecule has 0 aromatic heterocycles. The Morgan fingerprint density at radius 3 is 2.22 bits per heavy atom. The minimum absolute atomic E-state index is 0.0408. The van der Waals surface area contributed by atoms with E-state index in [0.29, 0.717) is 19.0 Å². The zero-order valence-electron chi connectivity index (χ0n) is 10.9. The van der Waals surface area contributed by atoms with Crippen molar-refractivity contribution in [2.45, 2.75) is 44.6 Å². The molecule has 4 fully saturated rings. The Kier molecular flexibility index (Phi) is 3.46. The molecule has 4 nitrogen and oxygen atoms in total. The van der Waals surface area contributed by atoms with E-state index in [1.807, 2.05) is 0 Å². The highest BCUT2D eigenvalue weighted by atomic mass is 16.3. The quantitative estimate of drug-likeness (QED) is 0.664. The van der Waals surface area contributed by atoms with E-state index in [9.17, 15) is 4.79 Å². The van der Waals surface area contributed by atoms with Crippen molar-refractivity contribution in [3.05, 3.63) is 0 Å². The zero-order chi connectivity index (χ0) is 12.5. The molecule has 18 heavy (non-hydrogen) atoms. The van der Waals surface area contributed by atoms with Gasteiger partial charge in [-0.1, -0.05) is 0 Å². The first-order valence-corrected chi connectivity index (χ1v) is 7.41. The Hall–Kier alpha value is -0.770. The molecular weight excluding hydrogens is 228 g/mol. The summed E-state index contributed by atoms with van der Waals surface area (Å²) in [6, 6.07) is 0.368. The number of nitrogens with one attached hydrogen (secondary N) is 2. The molecule has 0 heterocycles. The molecule has 0 saturated heterocycles. The van der Waals surface area contributed by atoms with Gasteiger partial charge in [-0.3, -0.25) is 0 Å². The third kappa shape index (κ3) is 2.35. The standard InChI is InChI=1S/C14H24N2O2/c17-3-1-2-15-14(18)16-13-11-5-9-4-10(7-11)8-12(13)6-9/h9-13,17H,1-8H2,(H2,15,16,18). The van der Waals surface area contributed by atoms with Crippen LogP contribution in [0.1, 0.15) is 38.5 Å². The summed E-state index contributed by atoms with van der Waals surface area (Å²) in [5, 5.41) is 14.7. The lowest BCUT2D eigenvalue weighted by Crippen LogP contribution is -2.57. The van der Waals surface area contributed by atoms with E-state index in [0.717, 1.165) is 23.7 Å². The normalized spacial score (nSPS) is 40.8. The topological polar surface area (TPSA) is 61.4 Å². The fourth-order valence-corrected chi connectivity index (χ4v) is 4.64. The fraction of sp³-hybridized carbons (Fsp3) is 0.929. The molecule has 4 bridgehead atoms. The minimum Gasteiger partial charge on any atom is -0.396 e. The summed E-state index contributed by atoms with van der Waals surface area (Å²) in [7, 11) is 0. The van der Waals surface area contributed by atoms with E-state index >= 15 is 0 Å². The largest absolute Gasteiger partial charge is 0.396 e. The van der Waals surface area contributed by atoms with Crippen LogP contribution in [0.5, 0.6) is 0 Å². The molecule has 102 valence electrons. The van der Waals surface area contributed by atoms with E-state index in [2.05, 4.69) is 10.6 Å². The lowest BCUT2D eigenvalue weighted by molar-refractivity contribution is -0.00941. The summed E-state index contributed by atoms with van der Waals surface area (Å²) in [4.78, 5) is 11.8. The van der Waals surface area contributed by atoms with Crippen LogP contribution < -0.4 is 10.6 Å². The SMILES string of the molecule is O=C(NCCCO)NC1C2CC3CC(C2)CC1C3. The molecule has 0 radical (unpaired) electrons. The molecule has 4 heteroatoms. The number of aliphatic hydroxyl groups is 1. The van der Waals surface area contributed by atoms with Crippen molar-refractivity contribution >= 4 is 6.03 Å². The summed E-state index contributed by atoms with van der Waals surface area (Å²) >= 11 is 0. The molecular formula is C14H24N2O2. The van der Waals surface area contributed by atoms with Gasteiger partial charge in [0.15, 0.2) is 0 Å². The van der Waals surface area contributed by atoms with E-state index in [1.54, 1.807) is 0 Å². The van der Waals surface area contributed by atoms with Crippen LogP contribution in [0.3, 0.4) is 0 Å². The van der Waals surface area contributed by atoms with Gasteiger partial charge in [-0.25, -0.2) is 4.79 Å². The number of carbonyl (C=O) groups excluding carboxylic acids is 1. The van der Waals surface area contributed by atoms with Gasteiger partial charge in [0.25, 0.3) is 0 Å². The van der Waals surface area contributed by atoms with Crippen LogP contribution in [-0.4, -0.2) is 30.3 Å². The number of aliphatic hydroxyl groups excluding tert-OH is 1. The maximum atomic E-state index is 11.8. The van der Waals surface area contributed by atoms with Crippen LogP contribution in [0.2, 0.25) is 0 Å². The van der Waals surface area contributed by atoms with Crippen molar-refractivity contribution in [2.75, 3.05) is 13.2 Å². The first-order valence-electron chi connectivity index (χ1n) is 7.41. The van der Waals surface area contributed by atoms with Crippen molar-refractivity contribution in [1.82, 2.24) is 10.6 Å². The molecule has 0 aliphatic heterocycles. The van der Waals surface area contributed by atoms with Gasteiger partial charge in [-0.2, -0.15) is 0 Å². The zero-order valence-corrected chi connectivity index (χ0v) is 10.9. The van der Waals surface area contributed by atoms with E-state index in [-0.39, 0.29) is 12.6 Å². The van der Waals surface area contributed by atoms with Crippen LogP contribution in [0.4, 0.5) is 4.79 Å². The van der Waals surface area contributed by atoms with Crippen LogP contribution in [0.15, 0.2) is 0 Å². The summed E-state index contributed by atoms with van der Waals surface area (Å²) in [6.07, 6.45) is 7.39. The molecule has 4 aliphatic rings. The van der Waals surface area contributed by atoms with Crippen LogP contribution in [0, 0.1) is 23.7 Å². The first-order chi connectivity index (χ1) is 8.76. The fourth-order valence-electron chi connectivity index (χ4n) is 4.64. The van der Waals surface area contributed by atoms with Crippen LogP contribution in [-0.2, 0) is 0 Å². The average Bonchev–Trinajstić information content (AvgIpc) is 2.33. The predicted octanol–water partition coefficient (Wildman–Crippen LogP) is 1.49. The number of carbonyl (C=O) groups is 1. The Labute approximate surface area is 109 Å². The first kappa shape index (κ1) is 12.3. The number of hydrogen-bond acceptors (Lipinski definition) is 2. The van der Waals surface area contributed by atoms with Gasteiger partial charge in [0.2, 0.25) is 0 Å². The van der Waals surface area contributed by atoms with Gasteiger partial charge in [0, 0.05) is 19.2 Å². The highest BCUT2D eigenvalue weighted by molar-refractivity contribution is 5.74. The second kappa shape index (κ2) is 5.08. The molecule has 0 aromatic rings. The molecule has 4 aliphatic carbocycles. The molecule has 2 amide bonds. The Balaban J connectivity index is 1.52. The van der Waals surface area contributed by atoms with Crippen molar-refractivity contribution in [2.24, 2.45) is 23.7 Å². The number of amides is 2. The Morgan fingerprint density at radius 1 is 1.06 bits per heavy atom. The molecule has 4 rings (SSSR count). The van der Waals surface area contributed by atoms with Crippen LogP contribution in [0.25, 0.3) is 0 Å². The second-order valence-corrected chi connectivity index (χ2v) is 6.43. The van der Waals surface area contributed by atoms with Gasteiger partial charge in [-0.05, 0) is 62.2 Å². The highest BCUT2D eigenvalue weighted by Gasteiger charge is 2.48. The van der Waals surface area contributed by atoms with Gasteiger partial charge >= 0.3 is 6.03 Å². The van der Waals surface area contributed by atoms with Crippen molar-refractivity contribution < 1.29 is 9.90 Å². The van der Waals surface area contributed by atoms with Gasteiger partial charge < -0.3 is 15.7 Å². The highest BCUT2D eigenvalue weighted by Crippen LogP contribution is 2.53. The molecule has 4 saturated carbocycles. The average molecular weight is 252 g/mol. The smallest absolute Gasteiger partial charge is 0.315 e. The molecule has 0 spiro atoms. The minimum atomic E-state index is -0.0408. The lowest BCUT2D eigenvalue weighted by atomic mass is 9.54. The molecule has 0 aromatic carbocycles. The van der Waals surface area contributed by atoms with E-state index in [4.69, 9.17) is 5.11 Å². The molecule has 3 N–H and O–H groups in total. The van der Waals surface area contributed by atoms with E-state index in [1.165, 1.54) is 32.1 Å². The maximum Gasteiger partial charge on any atom is 0.315 e. The molecule has 0 unspecified atom stereocenters. The van der Waals surface area contributed by atoms with E-state index < -0.39 is 0 Å². The second-order valence-electron chi connectivity index (χ2n) is 6.43. The number of urea groups is 1. The van der Waals surface area contributed by atoms with Crippen molar-refractivity contribution in [3.63, 3.8) is 0 Å². The summed E-state index contributed by atoms with van der Waals surface area (Å²) in [5.41, 5.74) is 0. The van der Waals surface area contributed by atoms with Crippen molar-refractivity contribution in [1.29, 1.82) is 0 Å². The number of rotatable bonds is 4. The third-order valence-electron chi connectivity index (χ3n) is 5.14. The Morgan fingerprint density at radius 2 is 1.67 bits per heavy atom. The van der Waals surface area contributed by atoms with Gasteiger partial charge in [0.1, 0.15) is 0 Å². The van der Waals surface area contributed by atoms with Gasteiger partial charge in [-0.15, -0.1) is 0 Å². The monoisotopic (exact) mass is 252 g/mol. The lowest BCUT2D eigenvalue weighted by Gasteiger charge is -2.54. The van der Waals surface area contributed by atoms with Crippen molar-refractivity contribution in [3.8, 4) is 0 Å². The third-order valence-corrected chi connectivity index (χ3v) is 5.14. The summed E-state index contributed by atoms with van der Waals surface area (Å²) in [6.45, 7) is 0.702. The Bertz CT molecular complexity index is 291. The predicted molar refractivity (Wildman–Crippen MR) is 69.1 cm³/mol. The maximum absolute atomic E-state index is 11.8. The summed E-state index contributed by atoms with van der Waals surface area (Å²) < 4.78 is 0. The number of hydrogen-bond donors (Lipinski definition) is 3. The van der Waals surface area contributed by atoms with Gasteiger partial charge in [0.05, 0.1) is 0 Å². The summed E-state index contributed by atoms with van der Waals surface area (Å²) in [5.74, 6) is 3.35. The van der Waals surface area contributed by atoms with Crippen LogP contribution >= 0.6 is 0 Å². The molecule has 0 atom stereocenters.